The summed E-state index contributed by atoms with van der Waals surface area (Å²) in [6.07, 6.45) is 1.46. The second-order valence-electron chi connectivity index (χ2n) is 4.89. The molecule has 0 aliphatic rings. The lowest BCUT2D eigenvalue weighted by Crippen LogP contribution is -1.89. The first kappa shape index (κ1) is 15.4. The molecule has 6 nitrogen and oxygen atoms in total. The topological polar surface area (TPSA) is 80.7 Å². The van der Waals surface area contributed by atoms with Crippen LogP contribution < -0.4 is 5.43 Å². The van der Waals surface area contributed by atoms with E-state index in [0.717, 1.165) is 0 Å². The van der Waals surface area contributed by atoms with E-state index in [1.807, 2.05) is 0 Å². The molecule has 0 fully saturated rings. The first-order valence-corrected chi connectivity index (χ1v) is 7.01. The molecule has 0 aliphatic carbocycles. The number of hydrogen-bond acceptors (Lipinski definition) is 5. The van der Waals surface area contributed by atoms with Crippen molar-refractivity contribution in [3.05, 3.63) is 82.4 Å². The van der Waals surface area contributed by atoms with E-state index in [0.29, 0.717) is 22.8 Å². The minimum absolute atomic E-state index is 0.00269. The summed E-state index contributed by atoms with van der Waals surface area (Å²) >= 11 is 0. The van der Waals surface area contributed by atoms with Crippen LogP contribution >= 0.6 is 0 Å². The molecule has 0 unspecified atom stereocenters. The van der Waals surface area contributed by atoms with E-state index < -0.39 is 4.92 Å². The Hall–Kier alpha value is -3.48. The van der Waals surface area contributed by atoms with Crippen LogP contribution in [0.2, 0.25) is 0 Å². The number of rotatable bonds is 5. The van der Waals surface area contributed by atoms with E-state index >= 15 is 0 Å². The molecule has 0 bridgehead atoms. The van der Waals surface area contributed by atoms with Gasteiger partial charge in [0.1, 0.15) is 17.3 Å². The average molecular weight is 325 g/mol. The summed E-state index contributed by atoms with van der Waals surface area (Å²) in [5.74, 6) is 0.658. The van der Waals surface area contributed by atoms with Gasteiger partial charge < -0.3 is 4.42 Å². The monoisotopic (exact) mass is 325 g/mol. The van der Waals surface area contributed by atoms with Crippen molar-refractivity contribution in [3.63, 3.8) is 0 Å². The molecular weight excluding hydrogens is 313 g/mol. The standard InChI is InChI=1S/C17H12FN3O3/c18-13-4-6-14(7-5-13)20-19-11-16-8-9-17(24-16)12-2-1-3-15(10-12)21(22)23/h1-11,20H/b19-11-. The van der Waals surface area contributed by atoms with Crippen molar-refractivity contribution in [2.75, 3.05) is 5.43 Å². The zero-order valence-corrected chi connectivity index (χ0v) is 12.3. The lowest BCUT2D eigenvalue weighted by molar-refractivity contribution is -0.384. The highest BCUT2D eigenvalue weighted by Crippen LogP contribution is 2.25. The lowest BCUT2D eigenvalue weighted by Gasteiger charge is -1.98. The molecule has 3 rings (SSSR count). The molecule has 3 aromatic rings. The lowest BCUT2D eigenvalue weighted by atomic mass is 10.1. The summed E-state index contributed by atoms with van der Waals surface area (Å²) in [5, 5.41) is 14.8. The molecule has 24 heavy (non-hydrogen) atoms. The maximum Gasteiger partial charge on any atom is 0.270 e. The molecule has 1 N–H and O–H groups in total. The summed E-state index contributed by atoms with van der Waals surface area (Å²) in [5.41, 5.74) is 3.99. The predicted octanol–water partition coefficient (Wildman–Crippen LogP) is 4.44. The minimum Gasteiger partial charge on any atom is -0.455 e. The normalized spacial score (nSPS) is 10.9. The van der Waals surface area contributed by atoms with Crippen LogP contribution in [-0.4, -0.2) is 11.1 Å². The third-order valence-corrected chi connectivity index (χ3v) is 3.20. The average Bonchev–Trinajstić information content (AvgIpc) is 3.06. The van der Waals surface area contributed by atoms with Crippen LogP contribution in [0.25, 0.3) is 11.3 Å². The molecule has 1 heterocycles. The quantitative estimate of drug-likeness (QED) is 0.427. The van der Waals surface area contributed by atoms with Crippen LogP contribution in [-0.2, 0) is 0 Å². The van der Waals surface area contributed by atoms with Crippen LogP contribution in [0.5, 0.6) is 0 Å². The molecule has 0 radical (unpaired) electrons. The predicted molar refractivity (Wildman–Crippen MR) is 88.4 cm³/mol. The van der Waals surface area contributed by atoms with E-state index in [-0.39, 0.29) is 11.5 Å². The van der Waals surface area contributed by atoms with Gasteiger partial charge in [0.2, 0.25) is 0 Å². The van der Waals surface area contributed by atoms with Crippen LogP contribution in [0, 0.1) is 15.9 Å². The molecule has 0 saturated heterocycles. The molecule has 0 aliphatic heterocycles. The Bertz CT molecular complexity index is 888. The van der Waals surface area contributed by atoms with Gasteiger partial charge in [0.05, 0.1) is 16.8 Å². The Labute approximate surface area is 136 Å². The Morgan fingerprint density at radius 3 is 2.67 bits per heavy atom. The van der Waals surface area contributed by atoms with Crippen molar-refractivity contribution in [1.82, 2.24) is 0 Å². The first-order chi connectivity index (χ1) is 11.6. The third kappa shape index (κ3) is 3.64. The van der Waals surface area contributed by atoms with E-state index in [1.165, 1.54) is 30.5 Å². The number of furan rings is 1. The molecule has 0 saturated carbocycles. The number of halogens is 1. The highest BCUT2D eigenvalue weighted by molar-refractivity contribution is 5.78. The maximum absolute atomic E-state index is 12.8. The fraction of sp³-hybridized carbons (Fsp3) is 0. The summed E-state index contributed by atoms with van der Waals surface area (Å²) in [7, 11) is 0. The Balaban J connectivity index is 1.71. The van der Waals surface area contributed by atoms with E-state index in [1.54, 1.807) is 36.4 Å². The molecule has 0 amide bonds. The summed E-state index contributed by atoms with van der Waals surface area (Å²) in [6.45, 7) is 0. The van der Waals surface area contributed by atoms with Crippen molar-refractivity contribution in [2.24, 2.45) is 5.10 Å². The summed E-state index contributed by atoms with van der Waals surface area (Å²) < 4.78 is 18.4. The Morgan fingerprint density at radius 2 is 1.92 bits per heavy atom. The largest absolute Gasteiger partial charge is 0.455 e. The van der Waals surface area contributed by atoms with Crippen LogP contribution in [0.15, 0.2) is 70.2 Å². The van der Waals surface area contributed by atoms with E-state index in [2.05, 4.69) is 10.5 Å². The van der Waals surface area contributed by atoms with Crippen molar-refractivity contribution >= 4 is 17.6 Å². The highest BCUT2D eigenvalue weighted by Gasteiger charge is 2.09. The van der Waals surface area contributed by atoms with Crippen LogP contribution in [0.1, 0.15) is 5.76 Å². The Morgan fingerprint density at radius 1 is 1.12 bits per heavy atom. The van der Waals surface area contributed by atoms with Gasteiger partial charge in [0, 0.05) is 17.7 Å². The van der Waals surface area contributed by atoms with E-state index in [9.17, 15) is 14.5 Å². The van der Waals surface area contributed by atoms with Gasteiger partial charge in [-0.3, -0.25) is 15.5 Å². The molecule has 120 valence electrons. The molecule has 0 atom stereocenters. The number of anilines is 1. The summed E-state index contributed by atoms with van der Waals surface area (Å²) in [4.78, 5) is 10.4. The number of nitro benzene ring substituents is 1. The van der Waals surface area contributed by atoms with Gasteiger partial charge in [0.25, 0.3) is 5.69 Å². The Kier molecular flexibility index (Phi) is 4.33. The number of nitrogens with one attached hydrogen (secondary N) is 1. The molecule has 2 aromatic carbocycles. The SMILES string of the molecule is O=[N+]([O-])c1cccc(-c2ccc(/C=N\Nc3ccc(F)cc3)o2)c1. The fourth-order valence-corrected chi connectivity index (χ4v) is 2.04. The van der Waals surface area contributed by atoms with Crippen LogP contribution in [0.3, 0.4) is 0 Å². The maximum atomic E-state index is 12.8. The van der Waals surface area contributed by atoms with Gasteiger partial charge in [-0.2, -0.15) is 5.10 Å². The number of hydrazone groups is 1. The summed E-state index contributed by atoms with van der Waals surface area (Å²) in [6, 6.07) is 15.4. The fourth-order valence-electron chi connectivity index (χ4n) is 2.04. The van der Waals surface area contributed by atoms with Gasteiger partial charge in [0.15, 0.2) is 0 Å². The number of non-ortho nitro benzene ring substituents is 1. The van der Waals surface area contributed by atoms with Gasteiger partial charge in [-0.1, -0.05) is 12.1 Å². The molecule has 0 spiro atoms. The van der Waals surface area contributed by atoms with Crippen molar-refractivity contribution in [1.29, 1.82) is 0 Å². The zero-order chi connectivity index (χ0) is 16.9. The number of benzene rings is 2. The van der Waals surface area contributed by atoms with Gasteiger partial charge in [-0.15, -0.1) is 0 Å². The highest BCUT2D eigenvalue weighted by atomic mass is 19.1. The van der Waals surface area contributed by atoms with Crippen molar-refractivity contribution in [3.8, 4) is 11.3 Å². The second kappa shape index (κ2) is 6.74. The van der Waals surface area contributed by atoms with Gasteiger partial charge >= 0.3 is 0 Å². The molecule has 7 heteroatoms. The van der Waals surface area contributed by atoms with Crippen molar-refractivity contribution in [2.45, 2.75) is 0 Å². The first-order valence-electron chi connectivity index (χ1n) is 7.01. The van der Waals surface area contributed by atoms with Gasteiger partial charge in [-0.05, 0) is 36.4 Å². The smallest absolute Gasteiger partial charge is 0.270 e. The molecular formula is C17H12FN3O3. The number of nitro groups is 1. The third-order valence-electron chi connectivity index (χ3n) is 3.20. The minimum atomic E-state index is -0.457. The zero-order valence-electron chi connectivity index (χ0n) is 12.3. The van der Waals surface area contributed by atoms with E-state index in [4.69, 9.17) is 4.42 Å². The second-order valence-corrected chi connectivity index (χ2v) is 4.89. The van der Waals surface area contributed by atoms with Gasteiger partial charge in [-0.25, -0.2) is 4.39 Å². The number of hydrogen-bond donors (Lipinski definition) is 1. The van der Waals surface area contributed by atoms with Crippen LogP contribution in [0.4, 0.5) is 15.8 Å². The molecule has 1 aromatic heterocycles. The number of nitrogens with zero attached hydrogens (tertiary/aromatic N) is 2. The van der Waals surface area contributed by atoms with Crippen molar-refractivity contribution < 1.29 is 13.7 Å².